The van der Waals surface area contributed by atoms with Gasteiger partial charge in [-0.2, -0.15) is 0 Å². The van der Waals surface area contributed by atoms with Gasteiger partial charge in [-0.1, -0.05) is 32.0 Å². The summed E-state index contributed by atoms with van der Waals surface area (Å²) in [6.07, 6.45) is 0.873. The molecule has 1 aromatic carbocycles. The molecule has 0 fully saturated rings. The largest absolute Gasteiger partial charge is 0.491 e. The van der Waals surface area contributed by atoms with Gasteiger partial charge in [0.15, 0.2) is 0 Å². The quantitative estimate of drug-likeness (QED) is 0.748. The number of carbonyl (C=O) groups is 1. The Morgan fingerprint density at radius 2 is 1.86 bits per heavy atom. The minimum Gasteiger partial charge on any atom is -0.491 e. The zero-order valence-corrected chi connectivity index (χ0v) is 13.7. The second kappa shape index (κ2) is 8.67. The van der Waals surface area contributed by atoms with Gasteiger partial charge < -0.3 is 14.8 Å². The van der Waals surface area contributed by atoms with Crippen molar-refractivity contribution >= 4 is 5.97 Å². The summed E-state index contributed by atoms with van der Waals surface area (Å²) in [7, 11) is 1.42. The molecule has 4 nitrogen and oxygen atoms in total. The van der Waals surface area contributed by atoms with Crippen LogP contribution in [0.2, 0.25) is 0 Å². The van der Waals surface area contributed by atoms with E-state index in [4.69, 9.17) is 9.47 Å². The number of hydrogen-bond acceptors (Lipinski definition) is 4. The van der Waals surface area contributed by atoms with Crippen LogP contribution in [0.4, 0.5) is 0 Å². The number of carbonyl (C=O) groups excluding carboxylic acids is 1. The first-order chi connectivity index (χ1) is 9.93. The van der Waals surface area contributed by atoms with Crippen molar-refractivity contribution in [3.8, 4) is 5.75 Å². The maximum absolute atomic E-state index is 11.8. The number of methoxy groups -OCH3 is 1. The monoisotopic (exact) mass is 293 g/mol. The standard InChI is InChI=1S/C17H27NO3/c1-12(2)10-15(17(19)20-5)18-11-14-8-6-7-9-16(14)21-13(3)4/h6-9,12-13,15,18H,10-11H2,1-5H3/t15-/m0/s1. The predicted octanol–water partition coefficient (Wildman–Crippen LogP) is 3.15. The van der Waals surface area contributed by atoms with Gasteiger partial charge in [0.2, 0.25) is 0 Å². The topological polar surface area (TPSA) is 47.6 Å². The van der Waals surface area contributed by atoms with Crippen molar-refractivity contribution in [2.24, 2.45) is 5.92 Å². The minimum atomic E-state index is -0.290. The lowest BCUT2D eigenvalue weighted by Crippen LogP contribution is -2.38. The van der Waals surface area contributed by atoms with Crippen molar-refractivity contribution in [2.75, 3.05) is 7.11 Å². The van der Waals surface area contributed by atoms with E-state index in [2.05, 4.69) is 19.2 Å². The summed E-state index contributed by atoms with van der Waals surface area (Å²) in [5.41, 5.74) is 1.05. The normalized spacial score (nSPS) is 12.5. The SMILES string of the molecule is COC(=O)[C@H](CC(C)C)NCc1ccccc1OC(C)C. The summed E-state index contributed by atoms with van der Waals surface area (Å²) in [6, 6.07) is 7.59. The first-order valence-corrected chi connectivity index (χ1v) is 7.49. The fraction of sp³-hybridized carbons (Fsp3) is 0.588. The fourth-order valence-corrected chi connectivity index (χ4v) is 2.13. The molecular formula is C17H27NO3. The number of para-hydroxylation sites is 1. The van der Waals surface area contributed by atoms with E-state index in [1.807, 2.05) is 38.1 Å². The second-order valence-corrected chi connectivity index (χ2v) is 5.86. The smallest absolute Gasteiger partial charge is 0.322 e. The Bertz CT molecular complexity index is 443. The Hall–Kier alpha value is -1.55. The maximum Gasteiger partial charge on any atom is 0.322 e. The van der Waals surface area contributed by atoms with Crippen molar-refractivity contribution in [1.29, 1.82) is 0 Å². The summed E-state index contributed by atoms with van der Waals surface area (Å²) in [4.78, 5) is 11.8. The van der Waals surface area contributed by atoms with E-state index in [1.54, 1.807) is 0 Å². The lowest BCUT2D eigenvalue weighted by molar-refractivity contribution is -0.143. The van der Waals surface area contributed by atoms with Crippen LogP contribution in [0.3, 0.4) is 0 Å². The molecule has 118 valence electrons. The molecule has 1 atom stereocenters. The summed E-state index contributed by atoms with van der Waals surface area (Å²) >= 11 is 0. The van der Waals surface area contributed by atoms with E-state index < -0.39 is 0 Å². The summed E-state index contributed by atoms with van der Waals surface area (Å²) in [5.74, 6) is 1.06. The number of ether oxygens (including phenoxy) is 2. The molecule has 0 aliphatic heterocycles. The summed E-state index contributed by atoms with van der Waals surface area (Å²) < 4.78 is 10.7. The van der Waals surface area contributed by atoms with E-state index in [9.17, 15) is 4.79 Å². The third-order valence-corrected chi connectivity index (χ3v) is 3.07. The second-order valence-electron chi connectivity index (χ2n) is 5.86. The first-order valence-electron chi connectivity index (χ1n) is 7.49. The van der Waals surface area contributed by atoms with Gasteiger partial charge >= 0.3 is 5.97 Å². The average molecular weight is 293 g/mol. The number of nitrogens with one attached hydrogen (secondary N) is 1. The minimum absolute atomic E-state index is 0.123. The third kappa shape index (κ3) is 6.17. The molecule has 0 amide bonds. The lowest BCUT2D eigenvalue weighted by atomic mass is 10.0. The van der Waals surface area contributed by atoms with Gasteiger partial charge in [0.25, 0.3) is 0 Å². The molecule has 0 bridgehead atoms. The third-order valence-electron chi connectivity index (χ3n) is 3.07. The Morgan fingerprint density at radius 1 is 1.19 bits per heavy atom. The number of benzene rings is 1. The molecule has 1 N–H and O–H groups in total. The van der Waals surface area contributed by atoms with Crippen LogP contribution < -0.4 is 10.1 Å². The molecule has 0 spiro atoms. The van der Waals surface area contributed by atoms with Crippen molar-refractivity contribution in [1.82, 2.24) is 5.32 Å². The van der Waals surface area contributed by atoms with E-state index >= 15 is 0 Å². The van der Waals surface area contributed by atoms with Crippen LogP contribution in [-0.2, 0) is 16.1 Å². The van der Waals surface area contributed by atoms with Crippen molar-refractivity contribution in [3.05, 3.63) is 29.8 Å². The summed E-state index contributed by atoms with van der Waals surface area (Å²) in [5, 5.41) is 3.28. The molecule has 0 saturated carbocycles. The van der Waals surface area contributed by atoms with Crippen LogP contribution in [0.1, 0.15) is 39.7 Å². The van der Waals surface area contributed by atoms with E-state index in [0.717, 1.165) is 17.7 Å². The molecule has 0 unspecified atom stereocenters. The van der Waals surface area contributed by atoms with Crippen LogP contribution >= 0.6 is 0 Å². The Morgan fingerprint density at radius 3 is 2.43 bits per heavy atom. The zero-order chi connectivity index (χ0) is 15.8. The molecule has 0 saturated heterocycles. The van der Waals surface area contributed by atoms with Gasteiger partial charge in [0.1, 0.15) is 11.8 Å². The zero-order valence-electron chi connectivity index (χ0n) is 13.7. The van der Waals surface area contributed by atoms with Crippen molar-refractivity contribution < 1.29 is 14.3 Å². The van der Waals surface area contributed by atoms with E-state index in [-0.39, 0.29) is 18.1 Å². The number of esters is 1. The van der Waals surface area contributed by atoms with Crippen molar-refractivity contribution in [2.45, 2.75) is 52.8 Å². The van der Waals surface area contributed by atoms with Crippen LogP contribution in [0.25, 0.3) is 0 Å². The van der Waals surface area contributed by atoms with Crippen LogP contribution in [0.5, 0.6) is 5.75 Å². The molecule has 0 aromatic heterocycles. The number of rotatable bonds is 8. The molecule has 0 heterocycles. The molecule has 4 heteroatoms. The van der Waals surface area contributed by atoms with Gasteiger partial charge in [-0.05, 0) is 32.3 Å². The Kier molecular flexibility index (Phi) is 7.23. The van der Waals surface area contributed by atoms with Gasteiger partial charge in [0.05, 0.1) is 13.2 Å². The molecule has 0 aliphatic carbocycles. The first kappa shape index (κ1) is 17.5. The summed E-state index contributed by atoms with van der Waals surface area (Å²) in [6.45, 7) is 8.76. The van der Waals surface area contributed by atoms with Crippen LogP contribution in [0.15, 0.2) is 24.3 Å². The highest BCUT2D eigenvalue weighted by Crippen LogP contribution is 2.19. The van der Waals surface area contributed by atoms with Crippen LogP contribution in [-0.4, -0.2) is 25.2 Å². The van der Waals surface area contributed by atoms with E-state index in [1.165, 1.54) is 7.11 Å². The predicted molar refractivity (Wildman–Crippen MR) is 84.3 cm³/mol. The molecule has 1 aromatic rings. The van der Waals surface area contributed by atoms with Crippen molar-refractivity contribution in [3.63, 3.8) is 0 Å². The maximum atomic E-state index is 11.8. The fourth-order valence-electron chi connectivity index (χ4n) is 2.13. The highest BCUT2D eigenvalue weighted by Gasteiger charge is 2.20. The average Bonchev–Trinajstić information content (AvgIpc) is 2.43. The number of hydrogen-bond donors (Lipinski definition) is 1. The van der Waals surface area contributed by atoms with Gasteiger partial charge in [-0.15, -0.1) is 0 Å². The molecule has 0 radical (unpaired) electrons. The van der Waals surface area contributed by atoms with Gasteiger partial charge in [-0.3, -0.25) is 4.79 Å². The molecular weight excluding hydrogens is 266 g/mol. The Labute approximate surface area is 127 Å². The van der Waals surface area contributed by atoms with Gasteiger partial charge in [0, 0.05) is 12.1 Å². The molecule has 1 rings (SSSR count). The van der Waals surface area contributed by atoms with Gasteiger partial charge in [-0.25, -0.2) is 0 Å². The molecule has 0 aliphatic rings. The van der Waals surface area contributed by atoms with Crippen LogP contribution in [0, 0.1) is 5.92 Å². The highest BCUT2D eigenvalue weighted by atomic mass is 16.5. The highest BCUT2D eigenvalue weighted by molar-refractivity contribution is 5.75. The molecule has 21 heavy (non-hydrogen) atoms. The Balaban J connectivity index is 2.73. The lowest BCUT2D eigenvalue weighted by Gasteiger charge is -2.20. The van der Waals surface area contributed by atoms with E-state index in [0.29, 0.717) is 12.5 Å².